The number of allylic oxidation sites excluding steroid dienone is 1. The van der Waals surface area contributed by atoms with Gasteiger partial charge in [0.25, 0.3) is 5.91 Å². The van der Waals surface area contributed by atoms with Gasteiger partial charge in [0.15, 0.2) is 0 Å². The lowest BCUT2D eigenvalue weighted by Crippen LogP contribution is -2.53. The fourth-order valence-electron chi connectivity index (χ4n) is 3.68. The number of benzene rings is 1. The first-order valence-corrected chi connectivity index (χ1v) is 10.9. The first-order valence-electron chi connectivity index (χ1n) is 10.9. The zero-order valence-electron chi connectivity index (χ0n) is 19.3. The molecule has 1 aromatic rings. The van der Waals surface area contributed by atoms with E-state index in [-0.39, 0.29) is 35.9 Å². The van der Waals surface area contributed by atoms with Crippen LogP contribution in [0.25, 0.3) is 0 Å². The van der Waals surface area contributed by atoms with E-state index in [4.69, 9.17) is 0 Å². The summed E-state index contributed by atoms with van der Waals surface area (Å²) < 4.78 is 0. The summed E-state index contributed by atoms with van der Waals surface area (Å²) >= 11 is 0. The molecule has 2 atom stereocenters. The Morgan fingerprint density at radius 2 is 1.97 bits per heavy atom. The van der Waals surface area contributed by atoms with Gasteiger partial charge in [-0.1, -0.05) is 56.7 Å². The van der Waals surface area contributed by atoms with E-state index >= 15 is 0 Å². The fourth-order valence-corrected chi connectivity index (χ4v) is 3.68. The third kappa shape index (κ3) is 7.70. The maximum absolute atomic E-state index is 12.8. The van der Waals surface area contributed by atoms with Crippen LogP contribution in [0.5, 0.6) is 0 Å². The van der Waals surface area contributed by atoms with Gasteiger partial charge in [0.1, 0.15) is 11.6 Å². The minimum absolute atomic E-state index is 0.107. The van der Waals surface area contributed by atoms with Crippen molar-refractivity contribution in [2.75, 3.05) is 13.1 Å². The molecule has 0 aromatic heterocycles. The maximum atomic E-state index is 12.8. The number of hydrogen-bond donors (Lipinski definition) is 4. The van der Waals surface area contributed by atoms with Crippen LogP contribution in [0, 0.1) is 23.7 Å². The van der Waals surface area contributed by atoms with Crippen LogP contribution in [0.2, 0.25) is 0 Å². The molecule has 172 valence electrons. The molecule has 1 aliphatic rings. The Bertz CT molecular complexity index is 871. The van der Waals surface area contributed by atoms with Crippen LogP contribution in [0.3, 0.4) is 0 Å². The summed E-state index contributed by atoms with van der Waals surface area (Å²) in [5, 5.41) is 34.1. The van der Waals surface area contributed by atoms with Crippen molar-refractivity contribution in [3.8, 4) is 6.07 Å². The zero-order chi connectivity index (χ0) is 23.9. The maximum Gasteiger partial charge on any atom is 0.475 e. The Labute approximate surface area is 190 Å². The molecule has 1 aromatic carbocycles. The number of likely N-dealkylation sites (tertiary alicyclic amines) is 1. The van der Waals surface area contributed by atoms with Crippen LogP contribution < -0.4 is 10.6 Å². The highest BCUT2D eigenvalue weighted by atomic mass is 16.4. The molecule has 0 aliphatic carbocycles. The molecule has 1 saturated heterocycles. The monoisotopic (exact) mass is 440 g/mol. The van der Waals surface area contributed by atoms with Crippen molar-refractivity contribution in [2.45, 2.75) is 58.9 Å². The number of urea groups is 1. The average molecular weight is 440 g/mol. The SMILES string of the molecule is Cc1ccc(C[C@H](NC(=O)NC[C@H]2CCCN2C(=O)C(C#N)=CC(C)(C)C)B(O)O)cc1. The number of aryl methyl sites for hydroxylation is 1. The Kier molecular flexibility index (Phi) is 8.87. The van der Waals surface area contributed by atoms with Gasteiger partial charge in [-0.2, -0.15) is 5.26 Å². The van der Waals surface area contributed by atoms with Crippen LogP contribution in [-0.4, -0.2) is 59.1 Å². The summed E-state index contributed by atoms with van der Waals surface area (Å²) in [6, 6.07) is 8.84. The highest BCUT2D eigenvalue weighted by Gasteiger charge is 2.32. The third-order valence-electron chi connectivity index (χ3n) is 5.32. The van der Waals surface area contributed by atoms with Gasteiger partial charge in [0.05, 0.1) is 5.94 Å². The van der Waals surface area contributed by atoms with Gasteiger partial charge in [-0.05, 0) is 37.2 Å². The Morgan fingerprint density at radius 3 is 2.53 bits per heavy atom. The predicted molar refractivity (Wildman–Crippen MR) is 123 cm³/mol. The lowest BCUT2D eigenvalue weighted by molar-refractivity contribution is -0.127. The van der Waals surface area contributed by atoms with Crippen LogP contribution >= 0.6 is 0 Å². The van der Waals surface area contributed by atoms with Crippen LogP contribution in [-0.2, 0) is 11.2 Å². The van der Waals surface area contributed by atoms with Crippen molar-refractivity contribution in [2.24, 2.45) is 5.41 Å². The molecule has 8 nitrogen and oxygen atoms in total. The second-order valence-electron chi connectivity index (χ2n) is 9.39. The van der Waals surface area contributed by atoms with E-state index in [0.29, 0.717) is 6.54 Å². The zero-order valence-corrected chi connectivity index (χ0v) is 19.3. The molecule has 0 bridgehead atoms. The van der Waals surface area contributed by atoms with E-state index in [1.807, 2.05) is 58.0 Å². The molecule has 0 saturated carbocycles. The molecule has 2 rings (SSSR count). The largest absolute Gasteiger partial charge is 0.475 e. The summed E-state index contributed by atoms with van der Waals surface area (Å²) in [5.74, 6) is -1.20. The normalized spacial score (nSPS) is 17.5. The molecule has 0 unspecified atom stereocenters. The standard InChI is InChI=1S/C23H33BN4O4/c1-16-7-9-17(10-8-16)12-20(24(31)32)27-22(30)26-15-19-6-5-11-28(19)21(29)18(14-25)13-23(2,3)4/h7-10,13,19-20,31-32H,5-6,11-12,15H2,1-4H3,(H2,26,27,30)/t19-,20+/m1/s1. The smallest absolute Gasteiger partial charge is 0.426 e. The summed E-state index contributed by atoms with van der Waals surface area (Å²) in [5.41, 5.74) is 1.77. The van der Waals surface area contributed by atoms with E-state index in [9.17, 15) is 24.9 Å². The van der Waals surface area contributed by atoms with Crippen molar-refractivity contribution in [3.63, 3.8) is 0 Å². The summed E-state index contributed by atoms with van der Waals surface area (Å²) in [6.07, 6.45) is 3.45. The van der Waals surface area contributed by atoms with E-state index in [1.165, 1.54) is 0 Å². The number of amides is 3. The second-order valence-corrected chi connectivity index (χ2v) is 9.39. The molecule has 1 fully saturated rings. The predicted octanol–water partition coefficient (Wildman–Crippen LogP) is 1.70. The minimum atomic E-state index is -1.72. The van der Waals surface area contributed by atoms with Crippen molar-refractivity contribution >= 4 is 19.1 Å². The van der Waals surface area contributed by atoms with E-state index in [0.717, 1.165) is 24.0 Å². The topological polar surface area (TPSA) is 126 Å². The number of nitrogens with one attached hydrogen (secondary N) is 2. The number of nitriles is 1. The average Bonchev–Trinajstić information content (AvgIpc) is 3.19. The lowest BCUT2D eigenvalue weighted by Gasteiger charge is -2.26. The first-order chi connectivity index (χ1) is 15.0. The summed E-state index contributed by atoms with van der Waals surface area (Å²) in [4.78, 5) is 26.9. The Balaban J connectivity index is 1.95. The molecule has 1 aliphatic heterocycles. The van der Waals surface area contributed by atoms with Gasteiger partial charge in [-0.15, -0.1) is 0 Å². The van der Waals surface area contributed by atoms with Crippen molar-refractivity contribution in [1.29, 1.82) is 5.26 Å². The number of carbonyl (C=O) groups is 2. The molecular weight excluding hydrogens is 407 g/mol. The number of carbonyl (C=O) groups excluding carboxylic acids is 2. The first kappa shape index (κ1) is 25.4. The van der Waals surface area contributed by atoms with Gasteiger partial charge < -0.3 is 25.6 Å². The van der Waals surface area contributed by atoms with Gasteiger partial charge in [-0.3, -0.25) is 4.79 Å². The fraction of sp³-hybridized carbons (Fsp3) is 0.522. The number of rotatable bonds is 7. The molecule has 9 heteroatoms. The number of hydrogen-bond acceptors (Lipinski definition) is 5. The number of nitrogens with zero attached hydrogens (tertiary/aromatic N) is 2. The van der Waals surface area contributed by atoms with Gasteiger partial charge in [0, 0.05) is 19.1 Å². The molecular formula is C23H33BN4O4. The van der Waals surface area contributed by atoms with Crippen molar-refractivity contribution in [1.82, 2.24) is 15.5 Å². The highest BCUT2D eigenvalue weighted by molar-refractivity contribution is 6.43. The third-order valence-corrected chi connectivity index (χ3v) is 5.32. The highest BCUT2D eigenvalue weighted by Crippen LogP contribution is 2.23. The van der Waals surface area contributed by atoms with Gasteiger partial charge >= 0.3 is 13.1 Å². The Hall–Kier alpha value is -2.83. The second kappa shape index (κ2) is 11.2. The lowest BCUT2D eigenvalue weighted by atomic mass is 9.76. The quantitative estimate of drug-likeness (QED) is 0.292. The molecule has 0 radical (unpaired) electrons. The van der Waals surface area contributed by atoms with Crippen LogP contribution in [0.4, 0.5) is 4.79 Å². The molecule has 4 N–H and O–H groups in total. The van der Waals surface area contributed by atoms with Gasteiger partial charge in [0.2, 0.25) is 0 Å². The Morgan fingerprint density at radius 1 is 1.31 bits per heavy atom. The van der Waals surface area contributed by atoms with Crippen molar-refractivity contribution < 1.29 is 19.6 Å². The molecule has 0 spiro atoms. The van der Waals surface area contributed by atoms with Gasteiger partial charge in [-0.25, -0.2) is 4.79 Å². The van der Waals surface area contributed by atoms with E-state index in [1.54, 1.807) is 11.0 Å². The molecule has 3 amide bonds. The van der Waals surface area contributed by atoms with Crippen molar-refractivity contribution in [3.05, 3.63) is 47.0 Å². The van der Waals surface area contributed by atoms with Crippen LogP contribution in [0.15, 0.2) is 35.9 Å². The molecule has 32 heavy (non-hydrogen) atoms. The van der Waals surface area contributed by atoms with E-state index in [2.05, 4.69) is 10.6 Å². The minimum Gasteiger partial charge on any atom is -0.426 e. The van der Waals surface area contributed by atoms with Crippen LogP contribution in [0.1, 0.15) is 44.7 Å². The summed E-state index contributed by atoms with van der Waals surface area (Å²) in [7, 11) is -1.72. The molecule has 1 heterocycles. The van der Waals surface area contributed by atoms with E-state index < -0.39 is 19.1 Å². The summed E-state index contributed by atoms with van der Waals surface area (Å²) in [6.45, 7) is 8.48.